The van der Waals surface area contributed by atoms with Crippen LogP contribution in [0.5, 0.6) is 11.5 Å². The molecule has 2 saturated heterocycles. The molecule has 1 atom stereocenters. The minimum atomic E-state index is -4.08. The lowest BCUT2D eigenvalue weighted by Crippen LogP contribution is -2.57. The summed E-state index contributed by atoms with van der Waals surface area (Å²) in [6.45, 7) is 1.95. The number of carbonyl (C=O) groups excluding carboxylic acids is 2. The molecule has 0 aromatic heterocycles. The molecular formula is C19H27N3O7S. The third-order valence-corrected chi connectivity index (χ3v) is 7.22. The summed E-state index contributed by atoms with van der Waals surface area (Å²) in [5, 5.41) is 5.51. The van der Waals surface area contributed by atoms with E-state index in [4.69, 9.17) is 14.2 Å². The Kier molecular flexibility index (Phi) is 6.53. The maximum atomic E-state index is 13.7. The Morgan fingerprint density at radius 2 is 1.97 bits per heavy atom. The molecule has 2 amide bonds. The van der Waals surface area contributed by atoms with Crippen LogP contribution < -0.4 is 20.1 Å². The quantitative estimate of drug-likeness (QED) is 0.653. The third-order valence-electron chi connectivity index (χ3n) is 5.39. The number of rotatable bonds is 5. The van der Waals surface area contributed by atoms with Gasteiger partial charge in [0.1, 0.15) is 22.4 Å². The van der Waals surface area contributed by atoms with Crippen LogP contribution in [0.4, 0.5) is 0 Å². The maximum absolute atomic E-state index is 13.7. The van der Waals surface area contributed by atoms with Crippen molar-refractivity contribution in [3.05, 3.63) is 18.2 Å². The average molecular weight is 442 g/mol. The highest BCUT2D eigenvalue weighted by atomic mass is 32.2. The van der Waals surface area contributed by atoms with Gasteiger partial charge in [-0.15, -0.1) is 0 Å². The average Bonchev–Trinajstić information content (AvgIpc) is 2.84. The first-order chi connectivity index (χ1) is 14.2. The van der Waals surface area contributed by atoms with Crippen molar-refractivity contribution in [1.29, 1.82) is 0 Å². The van der Waals surface area contributed by atoms with Crippen LogP contribution in [0.3, 0.4) is 0 Å². The van der Waals surface area contributed by atoms with Crippen LogP contribution in [0.25, 0.3) is 0 Å². The van der Waals surface area contributed by atoms with Gasteiger partial charge in [0.2, 0.25) is 21.8 Å². The number of methoxy groups -OCH3 is 2. The van der Waals surface area contributed by atoms with Crippen LogP contribution in [0.1, 0.15) is 19.8 Å². The van der Waals surface area contributed by atoms with Gasteiger partial charge in [-0.1, -0.05) is 0 Å². The van der Waals surface area contributed by atoms with E-state index in [-0.39, 0.29) is 23.7 Å². The molecule has 11 heteroatoms. The first-order valence-electron chi connectivity index (χ1n) is 9.60. The molecule has 2 fully saturated rings. The number of nitrogens with zero attached hydrogens (tertiary/aromatic N) is 1. The largest absolute Gasteiger partial charge is 0.497 e. The van der Waals surface area contributed by atoms with Gasteiger partial charge in [-0.25, -0.2) is 8.42 Å². The molecule has 0 bridgehead atoms. The standard InChI is InChI=1S/C19H27N3O7S/c1-13(23)20-15-11-22(12-19(21-18(15)24)6-8-29-9-7-19)30(25,26)17-10-14(27-2)4-5-16(17)28-3/h4-5,10,15H,6-9,11-12H2,1-3H3,(H,20,23)(H,21,24). The van der Waals surface area contributed by atoms with E-state index in [9.17, 15) is 18.0 Å². The fourth-order valence-corrected chi connectivity index (χ4v) is 5.50. The second kappa shape index (κ2) is 8.78. The summed E-state index contributed by atoms with van der Waals surface area (Å²) in [5.74, 6) is -0.314. The van der Waals surface area contributed by atoms with Gasteiger partial charge in [0.25, 0.3) is 0 Å². The van der Waals surface area contributed by atoms with Crippen molar-refractivity contribution < 1.29 is 32.2 Å². The number of amides is 2. The van der Waals surface area contributed by atoms with Gasteiger partial charge in [-0.05, 0) is 25.0 Å². The molecule has 1 aromatic carbocycles. The number of hydrogen-bond acceptors (Lipinski definition) is 7. The fourth-order valence-electron chi connectivity index (χ4n) is 3.79. The zero-order valence-electron chi connectivity index (χ0n) is 17.3. The lowest BCUT2D eigenvalue weighted by Gasteiger charge is -2.39. The number of sulfonamides is 1. The Bertz CT molecular complexity index is 913. The molecule has 3 rings (SSSR count). The molecule has 2 heterocycles. The second-order valence-corrected chi connectivity index (χ2v) is 9.36. The molecular weight excluding hydrogens is 414 g/mol. The summed E-state index contributed by atoms with van der Waals surface area (Å²) in [6.07, 6.45) is 0.930. The molecule has 10 nitrogen and oxygen atoms in total. The van der Waals surface area contributed by atoms with Crippen molar-refractivity contribution in [3.63, 3.8) is 0 Å². The Balaban J connectivity index is 2.05. The topological polar surface area (TPSA) is 123 Å². The highest BCUT2D eigenvalue weighted by Crippen LogP contribution is 2.33. The molecule has 0 saturated carbocycles. The summed E-state index contributed by atoms with van der Waals surface area (Å²) in [7, 11) is -1.26. The van der Waals surface area contributed by atoms with Crippen molar-refractivity contribution >= 4 is 21.8 Å². The number of ether oxygens (including phenoxy) is 3. The normalized spacial score (nSPS) is 22.1. The molecule has 2 aliphatic rings. The molecule has 30 heavy (non-hydrogen) atoms. The number of benzene rings is 1. The van der Waals surface area contributed by atoms with Gasteiger partial charge < -0.3 is 24.8 Å². The van der Waals surface area contributed by atoms with Crippen LogP contribution in [0.2, 0.25) is 0 Å². The summed E-state index contributed by atoms with van der Waals surface area (Å²) in [5.41, 5.74) is -0.776. The predicted octanol–water partition coefficient (Wildman–Crippen LogP) is -0.122. The summed E-state index contributed by atoms with van der Waals surface area (Å²) in [4.78, 5) is 24.4. The highest BCUT2D eigenvalue weighted by Gasteiger charge is 2.45. The van der Waals surface area contributed by atoms with Crippen LogP contribution in [0.15, 0.2) is 23.1 Å². The Hall–Kier alpha value is -2.37. The van der Waals surface area contributed by atoms with E-state index in [2.05, 4.69) is 10.6 Å². The van der Waals surface area contributed by atoms with Gasteiger partial charge >= 0.3 is 0 Å². The number of nitrogens with one attached hydrogen (secondary N) is 2. The van der Waals surface area contributed by atoms with E-state index in [1.54, 1.807) is 6.07 Å². The lowest BCUT2D eigenvalue weighted by molar-refractivity contribution is -0.129. The third kappa shape index (κ3) is 4.52. The van der Waals surface area contributed by atoms with Crippen LogP contribution in [-0.2, 0) is 24.3 Å². The molecule has 1 aromatic rings. The minimum absolute atomic E-state index is 0.0564. The van der Waals surface area contributed by atoms with Crippen molar-refractivity contribution in [2.45, 2.75) is 36.2 Å². The van der Waals surface area contributed by atoms with E-state index in [1.165, 1.54) is 37.6 Å². The van der Waals surface area contributed by atoms with Gasteiger partial charge in [0.05, 0.1) is 19.8 Å². The highest BCUT2D eigenvalue weighted by molar-refractivity contribution is 7.89. The van der Waals surface area contributed by atoms with Crippen LogP contribution in [-0.4, -0.2) is 76.6 Å². The van der Waals surface area contributed by atoms with Crippen LogP contribution >= 0.6 is 0 Å². The maximum Gasteiger partial charge on any atom is 0.247 e. The SMILES string of the molecule is COc1ccc(OC)c(S(=O)(=O)N2CC(NC(C)=O)C(=O)NC3(CCOCC3)C2)c1. The van der Waals surface area contributed by atoms with Crippen molar-refractivity contribution in [1.82, 2.24) is 14.9 Å². The van der Waals surface area contributed by atoms with Gasteiger partial charge in [-0.2, -0.15) is 4.31 Å². The van der Waals surface area contributed by atoms with Gasteiger partial charge in [0.15, 0.2) is 0 Å². The zero-order chi connectivity index (χ0) is 21.9. The molecule has 166 valence electrons. The van der Waals surface area contributed by atoms with E-state index in [1.807, 2.05) is 0 Å². The molecule has 2 N–H and O–H groups in total. The van der Waals surface area contributed by atoms with Gasteiger partial charge in [-0.3, -0.25) is 9.59 Å². The van der Waals surface area contributed by atoms with Crippen molar-refractivity contribution in [3.8, 4) is 11.5 Å². The zero-order valence-corrected chi connectivity index (χ0v) is 18.1. The lowest BCUT2D eigenvalue weighted by atomic mass is 9.90. The van der Waals surface area contributed by atoms with Crippen LogP contribution in [0, 0.1) is 0 Å². The van der Waals surface area contributed by atoms with Gasteiger partial charge in [0, 0.05) is 39.3 Å². The van der Waals surface area contributed by atoms with Crippen molar-refractivity contribution in [2.75, 3.05) is 40.5 Å². The molecule has 0 aliphatic carbocycles. The molecule has 0 radical (unpaired) electrons. The Morgan fingerprint density at radius 1 is 1.27 bits per heavy atom. The van der Waals surface area contributed by atoms with E-state index < -0.39 is 33.4 Å². The summed E-state index contributed by atoms with van der Waals surface area (Å²) >= 11 is 0. The van der Waals surface area contributed by atoms with E-state index in [0.29, 0.717) is 31.8 Å². The summed E-state index contributed by atoms with van der Waals surface area (Å²) in [6, 6.07) is 3.49. The molecule has 1 unspecified atom stereocenters. The number of hydrogen-bond donors (Lipinski definition) is 2. The minimum Gasteiger partial charge on any atom is -0.497 e. The summed E-state index contributed by atoms with van der Waals surface area (Å²) < 4.78 is 44.4. The number of carbonyl (C=O) groups is 2. The molecule has 1 spiro atoms. The first-order valence-corrected chi connectivity index (χ1v) is 11.0. The van der Waals surface area contributed by atoms with Crippen molar-refractivity contribution in [2.24, 2.45) is 0 Å². The fraction of sp³-hybridized carbons (Fsp3) is 0.579. The monoisotopic (exact) mass is 441 g/mol. The first kappa shape index (κ1) is 22.3. The predicted molar refractivity (Wildman–Crippen MR) is 107 cm³/mol. The Morgan fingerprint density at radius 3 is 2.57 bits per heavy atom. The van der Waals surface area contributed by atoms with E-state index >= 15 is 0 Å². The molecule has 2 aliphatic heterocycles. The smallest absolute Gasteiger partial charge is 0.247 e. The second-order valence-electron chi connectivity index (χ2n) is 7.45. The Labute approximate surface area is 175 Å². The van der Waals surface area contributed by atoms with E-state index in [0.717, 1.165) is 0 Å².